The molecule has 0 aliphatic carbocycles. The highest BCUT2D eigenvalue weighted by Gasteiger charge is 2.23. The Labute approximate surface area is 345 Å². The quantitative estimate of drug-likeness (QED) is 0.0203. The minimum Gasteiger partial charge on any atom is -0.481 e. The van der Waals surface area contributed by atoms with Gasteiger partial charge in [-0.05, 0) is 38.5 Å². The van der Waals surface area contributed by atoms with Crippen molar-refractivity contribution >= 4 is 29.7 Å². The van der Waals surface area contributed by atoms with Crippen LogP contribution in [-0.2, 0) is 23.9 Å². The summed E-state index contributed by atoms with van der Waals surface area (Å²) in [6, 6.07) is -1.01. The van der Waals surface area contributed by atoms with E-state index in [0.717, 1.165) is 32.1 Å². The molecule has 0 spiro atoms. The average molecular weight is 808 g/mol. The molecule has 324 valence electrons. The zero-order chi connectivity index (χ0) is 41.3. The highest BCUT2D eigenvalue weighted by atomic mass is 32.2. The van der Waals surface area contributed by atoms with Crippen LogP contribution in [0.4, 0.5) is 0 Å². The first kappa shape index (κ1) is 53.6. The predicted octanol–water partition coefficient (Wildman–Crippen LogP) is 10.7. The number of aliphatic hydroxyl groups is 2. The van der Waals surface area contributed by atoms with Gasteiger partial charge in [-0.15, -0.1) is 11.8 Å². The number of carboxylic acid groups (broad SMARTS) is 1. The second kappa shape index (κ2) is 40.8. The van der Waals surface area contributed by atoms with Crippen molar-refractivity contribution in [2.24, 2.45) is 5.73 Å². The number of allylic oxidation sites excluding steroid dienone is 7. The largest absolute Gasteiger partial charge is 0.481 e. The van der Waals surface area contributed by atoms with Crippen LogP contribution in [0.2, 0.25) is 0 Å². The van der Waals surface area contributed by atoms with Crippen molar-refractivity contribution in [3.63, 3.8) is 0 Å². The Morgan fingerprint density at radius 2 is 1.23 bits per heavy atom. The fraction of sp³-hybridized carbons (Fsp3) is 0.761. The van der Waals surface area contributed by atoms with Gasteiger partial charge in [0, 0.05) is 23.8 Å². The van der Waals surface area contributed by atoms with Crippen molar-refractivity contribution in [1.82, 2.24) is 0 Å². The molecule has 5 N–H and O–H groups in total. The van der Waals surface area contributed by atoms with Gasteiger partial charge >= 0.3 is 17.9 Å². The van der Waals surface area contributed by atoms with Crippen LogP contribution in [0.15, 0.2) is 48.6 Å². The van der Waals surface area contributed by atoms with Crippen LogP contribution in [0.1, 0.15) is 181 Å². The van der Waals surface area contributed by atoms with Crippen LogP contribution in [0.25, 0.3) is 0 Å². The topological polar surface area (TPSA) is 156 Å². The van der Waals surface area contributed by atoms with Crippen LogP contribution in [0, 0.1) is 0 Å². The van der Waals surface area contributed by atoms with Gasteiger partial charge in [0.25, 0.3) is 0 Å². The van der Waals surface area contributed by atoms with Crippen LogP contribution in [0.3, 0.4) is 0 Å². The number of carbonyl (C=O) groups excluding carboxylic acids is 2. The molecule has 10 heteroatoms. The van der Waals surface area contributed by atoms with Gasteiger partial charge in [0.1, 0.15) is 12.6 Å². The lowest BCUT2D eigenvalue weighted by Crippen LogP contribution is -2.38. The van der Waals surface area contributed by atoms with E-state index in [-0.39, 0.29) is 31.6 Å². The summed E-state index contributed by atoms with van der Waals surface area (Å²) in [5.74, 6) is -1.91. The van der Waals surface area contributed by atoms with Crippen molar-refractivity contribution in [2.45, 2.75) is 204 Å². The van der Waals surface area contributed by atoms with E-state index in [2.05, 4.69) is 32.1 Å². The van der Waals surface area contributed by atoms with Crippen molar-refractivity contribution < 1.29 is 39.2 Å². The highest BCUT2D eigenvalue weighted by Crippen LogP contribution is 2.22. The first-order valence-electron chi connectivity index (χ1n) is 22.1. The van der Waals surface area contributed by atoms with Crippen LogP contribution in [-0.4, -0.2) is 75.7 Å². The number of carboxylic acids is 1. The van der Waals surface area contributed by atoms with E-state index in [1.165, 1.54) is 121 Å². The summed E-state index contributed by atoms with van der Waals surface area (Å²) in [4.78, 5) is 36.0. The number of nitrogens with two attached hydrogens (primary N) is 1. The van der Waals surface area contributed by atoms with Crippen molar-refractivity contribution in [2.75, 3.05) is 19.0 Å². The number of aliphatic hydroxyl groups excluding tert-OH is 2. The zero-order valence-corrected chi connectivity index (χ0v) is 36.1. The first-order valence-corrected chi connectivity index (χ1v) is 23.2. The van der Waals surface area contributed by atoms with Gasteiger partial charge in [0.2, 0.25) is 0 Å². The summed E-state index contributed by atoms with van der Waals surface area (Å²) in [5.41, 5.74) is 6.10. The summed E-state index contributed by atoms with van der Waals surface area (Å²) in [5, 5.41) is 29.1. The minimum atomic E-state index is -1.01. The zero-order valence-electron chi connectivity index (χ0n) is 35.3. The Balaban J connectivity index is 4.38. The molecule has 0 bridgehead atoms. The maximum atomic E-state index is 12.6. The normalized spacial score (nSPS) is 14.2. The molecule has 0 radical (unpaired) electrons. The molecule has 0 aliphatic rings. The number of hydrogen-bond acceptors (Lipinski definition) is 9. The fourth-order valence-corrected chi connectivity index (χ4v) is 7.24. The Bertz CT molecular complexity index is 1060. The first-order chi connectivity index (χ1) is 27.2. The number of ether oxygens (including phenoxy) is 2. The number of esters is 2. The maximum absolute atomic E-state index is 12.6. The van der Waals surface area contributed by atoms with E-state index in [4.69, 9.17) is 20.3 Å². The predicted molar refractivity (Wildman–Crippen MR) is 234 cm³/mol. The molecule has 4 atom stereocenters. The Morgan fingerprint density at radius 1 is 0.679 bits per heavy atom. The number of carbonyl (C=O) groups is 3. The van der Waals surface area contributed by atoms with E-state index in [0.29, 0.717) is 6.42 Å². The lowest BCUT2D eigenvalue weighted by Gasteiger charge is -2.21. The monoisotopic (exact) mass is 808 g/mol. The molecule has 0 fully saturated rings. The summed E-state index contributed by atoms with van der Waals surface area (Å²) in [6.07, 6.45) is 41.9. The molecule has 0 rings (SSSR count). The van der Waals surface area contributed by atoms with Gasteiger partial charge in [-0.2, -0.15) is 0 Å². The molecule has 0 aliphatic heterocycles. The van der Waals surface area contributed by atoms with E-state index in [9.17, 15) is 24.6 Å². The average Bonchev–Trinajstić information content (AvgIpc) is 3.18. The molecule has 0 amide bonds. The van der Waals surface area contributed by atoms with Crippen molar-refractivity contribution in [3.05, 3.63) is 48.6 Å². The molecule has 0 saturated carbocycles. The molecule has 9 nitrogen and oxygen atoms in total. The fourth-order valence-electron chi connectivity index (χ4n) is 6.11. The molecule has 0 aromatic rings. The molecule has 0 aromatic carbocycles. The number of rotatable bonds is 40. The third-order valence-electron chi connectivity index (χ3n) is 9.62. The summed E-state index contributed by atoms with van der Waals surface area (Å²) in [7, 11) is 0. The summed E-state index contributed by atoms with van der Waals surface area (Å²) < 4.78 is 10.6. The Morgan fingerprint density at radius 3 is 1.80 bits per heavy atom. The van der Waals surface area contributed by atoms with Crippen LogP contribution < -0.4 is 5.73 Å². The van der Waals surface area contributed by atoms with Gasteiger partial charge < -0.3 is 30.5 Å². The van der Waals surface area contributed by atoms with E-state index in [1.807, 2.05) is 30.4 Å². The van der Waals surface area contributed by atoms with Gasteiger partial charge in [-0.3, -0.25) is 14.4 Å². The smallest absolute Gasteiger partial charge is 0.323 e. The van der Waals surface area contributed by atoms with Gasteiger partial charge in [0.05, 0.1) is 12.7 Å². The SMILES string of the molecule is CCCCC/C=C\C\C=C/C=C/C=C/[C@@H](SC[C@H](N)C(=O)OC[C@H](CO)OC(=O)CCCCCCCCCCCCCCCCCCC)[C@@H](O)CCCC(=O)O. The van der Waals surface area contributed by atoms with E-state index in [1.54, 1.807) is 0 Å². The Hall–Kier alpha value is -2.40. The molecular formula is C46H81NO8S. The van der Waals surface area contributed by atoms with Crippen LogP contribution >= 0.6 is 11.8 Å². The van der Waals surface area contributed by atoms with E-state index < -0.39 is 48.0 Å². The number of hydrogen-bond donors (Lipinski definition) is 4. The highest BCUT2D eigenvalue weighted by molar-refractivity contribution is 8.00. The van der Waals surface area contributed by atoms with Crippen molar-refractivity contribution in [3.8, 4) is 0 Å². The molecular weight excluding hydrogens is 727 g/mol. The summed E-state index contributed by atoms with van der Waals surface area (Å²) in [6.45, 7) is 3.68. The third kappa shape index (κ3) is 36.0. The minimum absolute atomic E-state index is 0.0438. The molecule has 56 heavy (non-hydrogen) atoms. The lowest BCUT2D eigenvalue weighted by molar-refractivity contribution is -0.161. The van der Waals surface area contributed by atoms with Gasteiger partial charge in [-0.1, -0.05) is 178 Å². The van der Waals surface area contributed by atoms with Crippen LogP contribution in [0.5, 0.6) is 0 Å². The number of unbranched alkanes of at least 4 members (excludes halogenated alkanes) is 19. The summed E-state index contributed by atoms with van der Waals surface area (Å²) >= 11 is 1.28. The lowest BCUT2D eigenvalue weighted by atomic mass is 10.0. The molecule has 0 unspecified atom stereocenters. The van der Waals surface area contributed by atoms with E-state index >= 15 is 0 Å². The number of aliphatic carboxylic acids is 1. The molecule has 0 saturated heterocycles. The molecule has 0 aromatic heterocycles. The van der Waals surface area contributed by atoms with Gasteiger partial charge in [0.15, 0.2) is 6.10 Å². The second-order valence-corrected chi connectivity index (χ2v) is 16.2. The second-order valence-electron chi connectivity index (χ2n) is 15.0. The molecule has 0 heterocycles. The third-order valence-corrected chi connectivity index (χ3v) is 11.0. The number of thioether (sulfide) groups is 1. The van der Waals surface area contributed by atoms with Gasteiger partial charge in [-0.25, -0.2) is 0 Å². The standard InChI is InChI=1S/C46H81NO8S/c1-3-5-7-9-11-13-15-17-18-19-20-21-23-25-27-29-31-36-45(52)55-40(37-48)38-54-46(53)41(47)39-56-43(42(49)33-32-35-44(50)51)34-30-28-26-24-22-16-14-12-10-8-6-4-2/h12,14,22,24,26,28,30,34,40-43,48-49H,3-11,13,15-21,23,25,27,29,31-33,35-39,47H2,1-2H3,(H,50,51)/b14-12-,24-22-,28-26+,34-30+/t40-,41-,42-,43+/m0/s1. The maximum Gasteiger partial charge on any atom is 0.323 e. The Kier molecular flexibility index (Phi) is 39.0. The van der Waals surface area contributed by atoms with Crippen molar-refractivity contribution in [1.29, 1.82) is 0 Å².